The van der Waals surface area contributed by atoms with Crippen molar-refractivity contribution >= 4 is 5.91 Å². The van der Waals surface area contributed by atoms with E-state index in [4.69, 9.17) is 5.73 Å². The first-order valence-corrected chi connectivity index (χ1v) is 7.48. The minimum atomic E-state index is -0.476. The smallest absolute Gasteiger partial charge is 0.234 e. The third-order valence-electron chi connectivity index (χ3n) is 4.67. The largest absolute Gasteiger partial charge is 0.389 e. The van der Waals surface area contributed by atoms with Gasteiger partial charge in [0.05, 0.1) is 11.6 Å². The Balaban J connectivity index is 1.78. The molecule has 1 unspecified atom stereocenters. The summed E-state index contributed by atoms with van der Waals surface area (Å²) >= 11 is 0. The number of carbonyl (C=O) groups excluding carboxylic acids is 1. The molecule has 1 atom stereocenters. The number of β-amino-alcohol motifs (C(OH)–C–C–N with tert-alkyl or cyclic N) is 1. The van der Waals surface area contributed by atoms with Crippen LogP contribution < -0.4 is 5.73 Å². The highest BCUT2D eigenvalue weighted by atomic mass is 16.3. The average Bonchev–Trinajstić information content (AvgIpc) is 2.39. The van der Waals surface area contributed by atoms with E-state index >= 15 is 0 Å². The molecule has 110 valence electrons. The normalized spacial score (nSPS) is 27.1. The molecule has 5 nitrogen and oxygen atoms in total. The summed E-state index contributed by atoms with van der Waals surface area (Å²) in [5.74, 6) is -0.251. The lowest BCUT2D eigenvalue weighted by molar-refractivity contribution is -0.123. The fourth-order valence-corrected chi connectivity index (χ4v) is 3.27. The van der Waals surface area contributed by atoms with Gasteiger partial charge in [0, 0.05) is 32.7 Å². The van der Waals surface area contributed by atoms with Gasteiger partial charge in [0.15, 0.2) is 0 Å². The summed E-state index contributed by atoms with van der Waals surface area (Å²) in [6, 6.07) is -0.181. The van der Waals surface area contributed by atoms with Crippen molar-refractivity contribution in [2.45, 2.75) is 50.7 Å². The molecule has 3 N–H and O–H groups in total. The first-order chi connectivity index (χ1) is 9.00. The quantitative estimate of drug-likeness (QED) is 0.763. The number of primary amides is 1. The highest BCUT2D eigenvalue weighted by molar-refractivity contribution is 5.79. The van der Waals surface area contributed by atoms with Crippen LogP contribution in [0, 0.1) is 0 Å². The Morgan fingerprint density at radius 2 is 1.79 bits per heavy atom. The summed E-state index contributed by atoms with van der Waals surface area (Å²) in [5, 5.41) is 10.6. The third kappa shape index (κ3) is 3.91. The van der Waals surface area contributed by atoms with Gasteiger partial charge in [0.2, 0.25) is 5.91 Å². The van der Waals surface area contributed by atoms with Crippen LogP contribution in [0.5, 0.6) is 0 Å². The molecule has 1 saturated carbocycles. The summed E-state index contributed by atoms with van der Waals surface area (Å²) in [6.45, 7) is 6.21. The Morgan fingerprint density at radius 1 is 1.21 bits per heavy atom. The van der Waals surface area contributed by atoms with Gasteiger partial charge in [-0.1, -0.05) is 19.3 Å². The van der Waals surface area contributed by atoms with Crippen molar-refractivity contribution in [2.24, 2.45) is 5.73 Å². The van der Waals surface area contributed by atoms with E-state index in [1.54, 1.807) is 0 Å². The minimum absolute atomic E-state index is 0.181. The van der Waals surface area contributed by atoms with Crippen molar-refractivity contribution < 1.29 is 9.90 Å². The Hall–Kier alpha value is -0.650. The van der Waals surface area contributed by atoms with E-state index in [-0.39, 0.29) is 11.9 Å². The number of hydrogen-bond donors (Lipinski definition) is 2. The molecular formula is C14H27N3O2. The van der Waals surface area contributed by atoms with E-state index in [1.165, 1.54) is 6.42 Å². The van der Waals surface area contributed by atoms with Gasteiger partial charge in [0.25, 0.3) is 0 Å². The SMILES string of the molecule is CC(C(N)=O)N1CCN(CC2(O)CCCCC2)CC1. The lowest BCUT2D eigenvalue weighted by atomic mass is 9.84. The van der Waals surface area contributed by atoms with Crippen LogP contribution in [0.1, 0.15) is 39.0 Å². The van der Waals surface area contributed by atoms with E-state index in [1.807, 2.05) is 6.92 Å². The number of nitrogens with zero attached hydrogens (tertiary/aromatic N) is 2. The number of carbonyl (C=O) groups is 1. The zero-order chi connectivity index (χ0) is 13.9. The highest BCUT2D eigenvalue weighted by Gasteiger charge is 2.33. The van der Waals surface area contributed by atoms with Gasteiger partial charge in [-0.2, -0.15) is 0 Å². The Bertz CT molecular complexity index is 308. The number of amides is 1. The van der Waals surface area contributed by atoms with Crippen molar-refractivity contribution in [3.05, 3.63) is 0 Å². The van der Waals surface area contributed by atoms with E-state index in [0.717, 1.165) is 58.4 Å². The molecule has 1 saturated heterocycles. The first-order valence-electron chi connectivity index (χ1n) is 7.48. The fraction of sp³-hybridized carbons (Fsp3) is 0.929. The molecule has 0 aromatic carbocycles. The van der Waals surface area contributed by atoms with Crippen LogP contribution in [-0.4, -0.2) is 65.2 Å². The number of piperazine rings is 1. The zero-order valence-corrected chi connectivity index (χ0v) is 12.0. The maximum absolute atomic E-state index is 11.2. The molecule has 0 bridgehead atoms. The van der Waals surface area contributed by atoms with Gasteiger partial charge < -0.3 is 10.8 Å². The maximum atomic E-state index is 11.2. The van der Waals surface area contributed by atoms with Crippen molar-refractivity contribution in [3.8, 4) is 0 Å². The zero-order valence-electron chi connectivity index (χ0n) is 12.0. The summed E-state index contributed by atoms with van der Waals surface area (Å²) < 4.78 is 0. The van der Waals surface area contributed by atoms with Crippen LogP contribution in [0.15, 0.2) is 0 Å². The maximum Gasteiger partial charge on any atom is 0.234 e. The van der Waals surface area contributed by atoms with Crippen molar-refractivity contribution in [3.63, 3.8) is 0 Å². The topological polar surface area (TPSA) is 69.8 Å². The molecule has 1 amide bonds. The molecule has 0 radical (unpaired) electrons. The Morgan fingerprint density at radius 3 is 2.32 bits per heavy atom. The molecule has 2 aliphatic rings. The number of aliphatic hydroxyl groups is 1. The summed E-state index contributed by atoms with van der Waals surface area (Å²) in [6.07, 6.45) is 5.42. The molecule has 1 aliphatic heterocycles. The number of nitrogens with two attached hydrogens (primary N) is 1. The molecule has 1 heterocycles. The molecule has 0 spiro atoms. The molecule has 2 rings (SSSR count). The molecule has 5 heteroatoms. The van der Waals surface area contributed by atoms with E-state index < -0.39 is 5.60 Å². The lowest BCUT2D eigenvalue weighted by Crippen LogP contribution is -2.56. The summed E-state index contributed by atoms with van der Waals surface area (Å²) in [7, 11) is 0. The van der Waals surface area contributed by atoms with Gasteiger partial charge in [-0.05, 0) is 19.8 Å². The number of hydrogen-bond acceptors (Lipinski definition) is 4. The van der Waals surface area contributed by atoms with E-state index in [9.17, 15) is 9.90 Å². The van der Waals surface area contributed by atoms with Crippen molar-refractivity contribution in [1.82, 2.24) is 9.80 Å². The highest BCUT2D eigenvalue weighted by Crippen LogP contribution is 2.29. The van der Waals surface area contributed by atoms with Gasteiger partial charge in [0.1, 0.15) is 0 Å². The molecule has 2 fully saturated rings. The molecule has 0 aromatic heterocycles. The summed E-state index contributed by atoms with van der Waals surface area (Å²) in [5.41, 5.74) is 4.86. The molecular weight excluding hydrogens is 242 g/mol. The molecule has 1 aliphatic carbocycles. The van der Waals surface area contributed by atoms with E-state index in [0.29, 0.717) is 0 Å². The average molecular weight is 269 g/mol. The second-order valence-electron chi connectivity index (χ2n) is 6.18. The van der Waals surface area contributed by atoms with Crippen LogP contribution in [0.3, 0.4) is 0 Å². The monoisotopic (exact) mass is 269 g/mol. The Kier molecular flexibility index (Phi) is 4.81. The Labute approximate surface area is 115 Å². The standard InChI is InChI=1S/C14H27N3O2/c1-12(13(15)18)17-9-7-16(8-10-17)11-14(19)5-3-2-4-6-14/h12,19H,2-11H2,1H3,(H2,15,18). The second kappa shape index (κ2) is 6.20. The van der Waals surface area contributed by atoms with Gasteiger partial charge in [-0.15, -0.1) is 0 Å². The summed E-state index contributed by atoms with van der Waals surface area (Å²) in [4.78, 5) is 15.6. The van der Waals surface area contributed by atoms with Crippen LogP contribution in [0.25, 0.3) is 0 Å². The van der Waals surface area contributed by atoms with Crippen LogP contribution in [-0.2, 0) is 4.79 Å². The van der Waals surface area contributed by atoms with Gasteiger partial charge in [-0.25, -0.2) is 0 Å². The predicted octanol–water partition coefficient (Wildman–Crippen LogP) is 0.173. The van der Waals surface area contributed by atoms with Crippen molar-refractivity contribution in [2.75, 3.05) is 32.7 Å². The molecule has 0 aromatic rings. The van der Waals surface area contributed by atoms with Crippen LogP contribution in [0.2, 0.25) is 0 Å². The van der Waals surface area contributed by atoms with Crippen LogP contribution in [0.4, 0.5) is 0 Å². The predicted molar refractivity (Wildman–Crippen MR) is 74.7 cm³/mol. The first kappa shape index (κ1) is 14.8. The fourth-order valence-electron chi connectivity index (χ4n) is 3.27. The second-order valence-corrected chi connectivity index (χ2v) is 6.18. The van der Waals surface area contributed by atoms with Crippen molar-refractivity contribution in [1.29, 1.82) is 0 Å². The van der Waals surface area contributed by atoms with Crippen LogP contribution >= 0.6 is 0 Å². The van der Waals surface area contributed by atoms with Gasteiger partial charge in [-0.3, -0.25) is 14.6 Å². The lowest BCUT2D eigenvalue weighted by Gasteiger charge is -2.42. The minimum Gasteiger partial charge on any atom is -0.389 e. The number of rotatable bonds is 4. The van der Waals surface area contributed by atoms with E-state index in [2.05, 4.69) is 9.80 Å². The molecule has 19 heavy (non-hydrogen) atoms. The van der Waals surface area contributed by atoms with Gasteiger partial charge >= 0.3 is 0 Å². The third-order valence-corrected chi connectivity index (χ3v) is 4.67.